The first-order valence-electron chi connectivity index (χ1n) is 16.7. The molecule has 55 heavy (non-hydrogen) atoms. The van der Waals surface area contributed by atoms with Crippen LogP contribution in [0.3, 0.4) is 0 Å². The molecule has 0 unspecified atom stereocenters. The first-order valence-corrected chi connectivity index (χ1v) is 20.6. The Bertz CT molecular complexity index is 1630. The van der Waals surface area contributed by atoms with E-state index in [9.17, 15) is 0 Å². The maximum atomic E-state index is 8.49. The Labute approximate surface area is 342 Å². The van der Waals surface area contributed by atoms with Crippen molar-refractivity contribution in [2.75, 3.05) is 0 Å². The quantitative estimate of drug-likeness (QED) is 0.109. The molecule has 2 aliphatic carbocycles. The van der Waals surface area contributed by atoms with Crippen LogP contribution in [-0.4, -0.2) is 0 Å². The fourth-order valence-electron chi connectivity index (χ4n) is 5.43. The number of fused-ring (bicyclic) bond motifs is 1. The van der Waals surface area contributed by atoms with Crippen molar-refractivity contribution in [2.24, 2.45) is 0 Å². The normalized spacial score (nSPS) is 12.9. The van der Waals surface area contributed by atoms with Gasteiger partial charge < -0.3 is 0 Å². The van der Waals surface area contributed by atoms with Crippen LogP contribution in [-0.2, 0) is 24.1 Å². The molecule has 0 saturated heterocycles. The van der Waals surface area contributed by atoms with Crippen molar-refractivity contribution >= 4 is 47.7 Å². The van der Waals surface area contributed by atoms with Gasteiger partial charge >= 0.3 is 30.8 Å². The molecular formula is C46H37ClO5P2Ru. The Morgan fingerprint density at radius 2 is 0.545 bits per heavy atom. The van der Waals surface area contributed by atoms with E-state index in [1.54, 1.807) is 0 Å². The minimum absolute atomic E-state index is 0. The summed E-state index contributed by atoms with van der Waals surface area (Å²) in [6.07, 6.45) is 14.7. The van der Waals surface area contributed by atoms with Gasteiger partial charge in [-0.15, -0.1) is 10.2 Å². The minimum atomic E-state index is -4.94. The number of rotatable bonds is 6. The van der Waals surface area contributed by atoms with Crippen LogP contribution in [0.4, 0.5) is 0 Å². The summed E-state index contributed by atoms with van der Waals surface area (Å²) < 4.78 is 41.5. The van der Waals surface area contributed by atoms with E-state index in [4.69, 9.17) is 23.3 Å². The molecule has 0 N–H and O–H groups in total. The monoisotopic (exact) mass is 868 g/mol. The molecule has 0 spiro atoms. The van der Waals surface area contributed by atoms with E-state index >= 15 is 0 Å². The van der Waals surface area contributed by atoms with E-state index in [2.05, 4.69) is 232 Å². The zero-order valence-corrected chi connectivity index (χ0v) is 33.8. The first kappa shape index (κ1) is 45.5. The summed E-state index contributed by atoms with van der Waals surface area (Å²) in [6, 6.07) is 64.7. The number of benzene rings is 6. The molecule has 0 heterocycles. The molecule has 1 fully saturated rings. The van der Waals surface area contributed by atoms with Crippen molar-refractivity contribution in [2.45, 2.75) is 0 Å². The summed E-state index contributed by atoms with van der Waals surface area (Å²) >= 11 is 0. The molecule has 8 rings (SSSR count). The molecule has 6 aromatic rings. The summed E-state index contributed by atoms with van der Waals surface area (Å²) in [5.74, 6) is 2.66. The topological polar surface area (TPSA) is 112 Å². The number of hydrogen-bond acceptors (Lipinski definition) is 4. The molecule has 2 aliphatic rings. The average molecular weight is 868 g/mol. The predicted molar refractivity (Wildman–Crippen MR) is 212 cm³/mol. The molecular weight excluding hydrogens is 831 g/mol. The fraction of sp³-hybridized carbons (Fsp3) is 0. The molecule has 0 aromatic heterocycles. The Balaban J connectivity index is 0.000000211. The van der Waals surface area contributed by atoms with Crippen LogP contribution >= 0.6 is 15.8 Å². The van der Waals surface area contributed by atoms with Crippen molar-refractivity contribution in [1.29, 1.82) is 0 Å². The van der Waals surface area contributed by atoms with Gasteiger partial charge in [-0.1, -0.05) is 206 Å². The molecule has 5 nitrogen and oxygen atoms in total. The van der Waals surface area contributed by atoms with Crippen molar-refractivity contribution in [3.05, 3.63) is 244 Å². The molecule has 1 saturated carbocycles. The average Bonchev–Trinajstić information content (AvgIpc) is 3.71. The van der Waals surface area contributed by atoms with Gasteiger partial charge in [0.1, 0.15) is 0 Å². The standard InChI is InChI=1S/2C18H15P.C9H7.CO.ClHO4.Ru/c2*1-4-10-16(11-5-1)19(17-12-6-2-7-13-17)18-14-8-3-9-15-18;1-2-5-9-7-3-6-8(9)4-1;1-2;2-1(3,4)5;/h2*1-15H;1-7H;;(H,2,3,4,5);/q;;;;;+1/p-1. The summed E-state index contributed by atoms with van der Waals surface area (Å²) in [5, 5.41) is 8.39. The predicted octanol–water partition coefficient (Wildman–Crippen LogP) is 3.98. The van der Waals surface area contributed by atoms with Crippen molar-refractivity contribution < 1.29 is 53.0 Å². The second-order valence-corrected chi connectivity index (χ2v) is 16.4. The number of hydrogen-bond donors (Lipinski definition) is 0. The maximum Gasteiger partial charge on any atom is 1.00 e. The Kier molecular flexibility index (Phi) is 21.0. The van der Waals surface area contributed by atoms with Crippen LogP contribution in [0.1, 0.15) is 0 Å². The molecule has 0 atom stereocenters. The van der Waals surface area contributed by atoms with Gasteiger partial charge in [-0.25, -0.2) is 18.6 Å². The summed E-state index contributed by atoms with van der Waals surface area (Å²) in [6.45, 7) is 4.50. The van der Waals surface area contributed by atoms with Crippen molar-refractivity contribution in [1.82, 2.24) is 0 Å². The van der Waals surface area contributed by atoms with Gasteiger partial charge in [-0.2, -0.15) is 0 Å². The number of allylic oxidation sites excluding steroid dienone is 4. The number of halogens is 1. The third-order valence-electron chi connectivity index (χ3n) is 7.63. The molecule has 0 aliphatic heterocycles. The van der Waals surface area contributed by atoms with Crippen LogP contribution in [0.15, 0.2) is 206 Å². The van der Waals surface area contributed by atoms with Gasteiger partial charge in [-0.05, 0) is 66.9 Å². The minimum Gasteiger partial charge on any atom is -0.222 e. The van der Waals surface area contributed by atoms with Crippen LogP contribution < -0.4 is 50.5 Å². The summed E-state index contributed by atoms with van der Waals surface area (Å²) in [4.78, 5) is 0. The Hall–Kier alpha value is -3.85. The van der Waals surface area contributed by atoms with Crippen molar-refractivity contribution in [3.63, 3.8) is 0 Å². The zero-order chi connectivity index (χ0) is 38.4. The Morgan fingerprint density at radius 1 is 0.364 bits per heavy atom. The second kappa shape index (κ2) is 25.3. The molecule has 0 amide bonds. The van der Waals surface area contributed by atoms with Gasteiger partial charge in [-0.3, -0.25) is 0 Å². The maximum absolute atomic E-state index is 8.49. The van der Waals surface area contributed by atoms with Crippen LogP contribution in [0.5, 0.6) is 0 Å². The zero-order valence-electron chi connectivity index (χ0n) is 29.5. The second-order valence-electron chi connectivity index (χ2n) is 11.2. The van der Waals surface area contributed by atoms with Crippen LogP contribution in [0, 0.1) is 48.0 Å². The Morgan fingerprint density at radius 3 is 0.727 bits per heavy atom. The van der Waals surface area contributed by atoms with Gasteiger partial charge in [0.15, 0.2) is 0 Å². The molecule has 9 heteroatoms. The SMILES string of the molecule is [C-]#[O+].[CH]1[CH][C]2C=CC=C[C]2[CH]1.[O-][Cl+3]([O-])([O-])[O-].[Ru+].c1ccc(P(c2ccccc2)c2ccccc2)cc1.c1ccc(P(c2ccccc2)c2ccccc2)cc1. The molecule has 276 valence electrons. The fourth-order valence-corrected chi connectivity index (χ4v) is 10.0. The van der Waals surface area contributed by atoms with Gasteiger partial charge in [0.25, 0.3) is 0 Å². The van der Waals surface area contributed by atoms with E-state index in [1.165, 1.54) is 43.7 Å². The van der Waals surface area contributed by atoms with Gasteiger partial charge in [0.2, 0.25) is 0 Å². The summed E-state index contributed by atoms with van der Waals surface area (Å²) in [5.41, 5.74) is 0. The van der Waals surface area contributed by atoms with Crippen LogP contribution in [0.25, 0.3) is 0 Å². The smallest absolute Gasteiger partial charge is 0.222 e. The molecule has 0 bridgehead atoms. The van der Waals surface area contributed by atoms with Crippen LogP contribution in [0.2, 0.25) is 0 Å². The van der Waals surface area contributed by atoms with Crippen molar-refractivity contribution in [3.8, 4) is 0 Å². The van der Waals surface area contributed by atoms with Gasteiger partial charge in [0, 0.05) is 11.8 Å². The van der Waals surface area contributed by atoms with E-state index in [1.807, 2.05) is 0 Å². The molecule has 6 radical (unpaired) electrons. The molecule has 6 aromatic carbocycles. The third-order valence-corrected chi connectivity index (χ3v) is 12.5. The summed E-state index contributed by atoms with van der Waals surface area (Å²) in [7, 11) is -5.84. The third kappa shape index (κ3) is 16.0. The van der Waals surface area contributed by atoms with E-state index in [-0.39, 0.29) is 19.5 Å². The van der Waals surface area contributed by atoms with E-state index in [0.29, 0.717) is 0 Å². The largest absolute Gasteiger partial charge is 1.00 e. The van der Waals surface area contributed by atoms with E-state index in [0.717, 1.165) is 0 Å². The first-order chi connectivity index (χ1) is 26.4. The van der Waals surface area contributed by atoms with Gasteiger partial charge in [0.05, 0.1) is 0 Å². The van der Waals surface area contributed by atoms with E-state index < -0.39 is 26.1 Å².